The first-order chi connectivity index (χ1) is 12.9. The molecule has 0 atom stereocenters. The van der Waals surface area contributed by atoms with E-state index in [1.165, 1.54) is 32.7 Å². The van der Waals surface area contributed by atoms with Crippen molar-refractivity contribution in [2.45, 2.75) is 90.3 Å². The minimum absolute atomic E-state index is 0.261. The van der Waals surface area contributed by atoms with E-state index in [4.69, 9.17) is 5.41 Å². The number of unbranched alkanes of at least 4 members (excludes halogenated alkanes) is 7. The van der Waals surface area contributed by atoms with E-state index < -0.39 is 24.3 Å². The number of halogens is 3. The lowest BCUT2D eigenvalue weighted by atomic mass is 10.1. The Hall–Kier alpha value is -1.80. The highest BCUT2D eigenvalue weighted by molar-refractivity contribution is 5.96. The molecule has 0 saturated carbocycles. The number of nitrogens with zero attached hydrogens (tertiary/aromatic N) is 1. The van der Waals surface area contributed by atoms with Crippen molar-refractivity contribution in [1.82, 2.24) is 10.2 Å². The smallest absolute Gasteiger partial charge is 0.427 e. The molecule has 0 rings (SSSR count). The molecule has 9 heteroatoms. The molecule has 0 aliphatic heterocycles. The van der Waals surface area contributed by atoms with E-state index in [2.05, 4.69) is 17.0 Å². The van der Waals surface area contributed by atoms with Crippen LogP contribution in [-0.2, 0) is 14.3 Å². The van der Waals surface area contributed by atoms with Crippen molar-refractivity contribution >= 4 is 17.8 Å². The summed E-state index contributed by atoms with van der Waals surface area (Å²) in [6.45, 7) is 3.10. The molecule has 1 amide bonds. The summed E-state index contributed by atoms with van der Waals surface area (Å²) >= 11 is 0. The van der Waals surface area contributed by atoms with E-state index in [1.54, 1.807) is 0 Å². The highest BCUT2D eigenvalue weighted by Crippen LogP contribution is 2.32. The zero-order valence-corrected chi connectivity index (χ0v) is 17.4. The van der Waals surface area contributed by atoms with E-state index in [9.17, 15) is 22.8 Å². The molecule has 0 radical (unpaired) electrons. The molecule has 0 bridgehead atoms. The third-order valence-electron chi connectivity index (χ3n) is 4.31. The van der Waals surface area contributed by atoms with Crippen LogP contribution in [0.4, 0.5) is 13.2 Å². The van der Waals surface area contributed by atoms with Crippen LogP contribution in [0.25, 0.3) is 0 Å². The molecule has 0 unspecified atom stereocenters. The summed E-state index contributed by atoms with van der Waals surface area (Å²) in [4.78, 5) is 24.5. The lowest BCUT2D eigenvalue weighted by Crippen LogP contribution is -2.48. The number of ether oxygens (including phenoxy) is 1. The van der Waals surface area contributed by atoms with E-state index >= 15 is 0 Å². The minimum atomic E-state index is -4.70. The number of carbonyl (C=O) groups excluding carboxylic acids is 2. The van der Waals surface area contributed by atoms with Crippen LogP contribution in [0.15, 0.2) is 0 Å². The molecule has 28 heavy (non-hydrogen) atoms. The Morgan fingerprint density at radius 3 is 2.00 bits per heavy atom. The van der Waals surface area contributed by atoms with E-state index in [0.29, 0.717) is 6.42 Å². The Balaban J connectivity index is 4.07. The highest BCUT2D eigenvalue weighted by atomic mass is 19.4. The maximum absolute atomic E-state index is 12.7. The molecular formula is C19H34F3N3O3. The fraction of sp³-hybridized carbons (Fsp3) is 0.842. The first-order valence-electron chi connectivity index (χ1n) is 9.78. The molecule has 0 aliphatic rings. The van der Waals surface area contributed by atoms with Gasteiger partial charge in [-0.25, -0.2) is 0 Å². The predicted molar refractivity (Wildman–Crippen MR) is 102 cm³/mol. The van der Waals surface area contributed by atoms with Crippen molar-refractivity contribution in [3.63, 3.8) is 0 Å². The van der Waals surface area contributed by atoms with Crippen molar-refractivity contribution in [2.24, 2.45) is 0 Å². The number of rotatable bonds is 12. The second kappa shape index (κ2) is 12.6. The van der Waals surface area contributed by atoms with Crippen LogP contribution in [-0.4, -0.2) is 48.1 Å². The summed E-state index contributed by atoms with van der Waals surface area (Å²) in [5.41, 5.74) is -2.62. The maximum Gasteiger partial charge on any atom is 0.427 e. The van der Waals surface area contributed by atoms with E-state index in [0.717, 1.165) is 38.0 Å². The summed E-state index contributed by atoms with van der Waals surface area (Å²) in [7, 11) is 1.32. The summed E-state index contributed by atoms with van der Waals surface area (Å²) in [5.74, 6) is -1.84. The lowest BCUT2D eigenvalue weighted by Gasteiger charge is -2.28. The quantitative estimate of drug-likeness (QED) is 0.217. The standard InChI is InChI=1S/C19H34F3N3O3/c1-5-6-7-8-9-10-11-12-13-15(26)24-17(23)25(4)14-16(27)28-18(2,3)19(20,21)22/h5-14H2,1-4H3,(H2,23,24,26). The summed E-state index contributed by atoms with van der Waals surface area (Å²) in [6, 6.07) is 0. The maximum atomic E-state index is 12.7. The van der Waals surface area contributed by atoms with Gasteiger partial charge in [-0.1, -0.05) is 51.9 Å². The van der Waals surface area contributed by atoms with E-state index in [-0.39, 0.29) is 18.3 Å². The van der Waals surface area contributed by atoms with Crippen LogP contribution in [0.5, 0.6) is 0 Å². The molecule has 0 aromatic heterocycles. The number of hydrogen-bond acceptors (Lipinski definition) is 4. The first kappa shape index (κ1) is 26.2. The number of amides is 1. The van der Waals surface area contributed by atoms with Crippen molar-refractivity contribution in [1.29, 1.82) is 5.41 Å². The van der Waals surface area contributed by atoms with E-state index in [1.807, 2.05) is 0 Å². The third kappa shape index (κ3) is 11.1. The van der Waals surface area contributed by atoms with Crippen LogP contribution < -0.4 is 5.32 Å². The molecule has 6 nitrogen and oxygen atoms in total. The molecule has 0 fully saturated rings. The van der Waals surface area contributed by atoms with Crippen molar-refractivity contribution in [2.75, 3.05) is 13.6 Å². The number of nitrogens with one attached hydrogen (secondary N) is 2. The van der Waals surface area contributed by atoms with Gasteiger partial charge in [0.05, 0.1) is 0 Å². The molecule has 2 N–H and O–H groups in total. The average Bonchev–Trinajstić information content (AvgIpc) is 2.55. The summed E-state index contributed by atoms with van der Waals surface area (Å²) < 4.78 is 42.6. The Labute approximate surface area is 165 Å². The molecular weight excluding hydrogens is 375 g/mol. The van der Waals surface area contributed by atoms with Crippen LogP contribution in [0, 0.1) is 5.41 Å². The van der Waals surface area contributed by atoms with Gasteiger partial charge in [-0.15, -0.1) is 0 Å². The summed E-state index contributed by atoms with van der Waals surface area (Å²) in [5, 5.41) is 10.1. The molecule has 0 spiro atoms. The molecule has 0 aromatic carbocycles. The second-order valence-electron chi connectivity index (χ2n) is 7.46. The predicted octanol–water partition coefficient (Wildman–Crippen LogP) is 4.38. The zero-order chi connectivity index (χ0) is 21.8. The number of hydrogen-bond donors (Lipinski definition) is 2. The normalized spacial score (nSPS) is 11.8. The van der Waals surface area contributed by atoms with Gasteiger partial charge < -0.3 is 9.64 Å². The van der Waals surface area contributed by atoms with Crippen molar-refractivity contribution < 1.29 is 27.5 Å². The zero-order valence-electron chi connectivity index (χ0n) is 17.4. The molecule has 0 heterocycles. The number of carbonyl (C=O) groups is 2. The molecule has 0 aliphatic carbocycles. The fourth-order valence-corrected chi connectivity index (χ4v) is 2.36. The lowest BCUT2D eigenvalue weighted by molar-refractivity contribution is -0.257. The fourth-order valence-electron chi connectivity index (χ4n) is 2.36. The number of likely N-dealkylation sites (N-methyl/N-ethyl adjacent to an activating group) is 1. The average molecular weight is 409 g/mol. The van der Waals surface area contributed by atoms with Crippen LogP contribution in [0.1, 0.15) is 78.6 Å². The largest absolute Gasteiger partial charge is 0.449 e. The molecule has 164 valence electrons. The Morgan fingerprint density at radius 2 is 1.50 bits per heavy atom. The Kier molecular flexibility index (Phi) is 11.8. The van der Waals surface area contributed by atoms with Crippen LogP contribution >= 0.6 is 0 Å². The highest BCUT2D eigenvalue weighted by Gasteiger charge is 2.50. The van der Waals surface area contributed by atoms with Gasteiger partial charge in [0, 0.05) is 13.5 Å². The van der Waals surface area contributed by atoms with Gasteiger partial charge in [-0.3, -0.25) is 20.3 Å². The van der Waals surface area contributed by atoms with Gasteiger partial charge in [0.1, 0.15) is 6.54 Å². The number of guanidine groups is 1. The SMILES string of the molecule is CCCCCCCCCCC(=O)NC(=N)N(C)CC(=O)OC(C)(C)C(F)(F)F. The number of alkyl halides is 3. The molecule has 0 aromatic rings. The summed E-state index contributed by atoms with van der Waals surface area (Å²) in [6.07, 6.45) is 4.32. The van der Waals surface area contributed by atoms with Gasteiger partial charge in [-0.2, -0.15) is 13.2 Å². The molecule has 0 saturated heterocycles. The number of esters is 1. The Bertz CT molecular complexity index is 508. The topological polar surface area (TPSA) is 82.5 Å². The van der Waals surface area contributed by atoms with Gasteiger partial charge in [0.25, 0.3) is 0 Å². The van der Waals surface area contributed by atoms with Crippen molar-refractivity contribution in [3.05, 3.63) is 0 Å². The van der Waals surface area contributed by atoms with Crippen LogP contribution in [0.2, 0.25) is 0 Å². The van der Waals surface area contributed by atoms with Crippen LogP contribution in [0.3, 0.4) is 0 Å². The minimum Gasteiger partial charge on any atom is -0.449 e. The first-order valence-corrected chi connectivity index (χ1v) is 9.78. The van der Waals surface area contributed by atoms with Gasteiger partial charge in [0.15, 0.2) is 5.96 Å². The second-order valence-corrected chi connectivity index (χ2v) is 7.46. The van der Waals surface area contributed by atoms with Gasteiger partial charge in [-0.05, 0) is 20.3 Å². The monoisotopic (exact) mass is 409 g/mol. The van der Waals surface area contributed by atoms with Gasteiger partial charge in [0.2, 0.25) is 11.5 Å². The van der Waals surface area contributed by atoms with Gasteiger partial charge >= 0.3 is 12.1 Å². The van der Waals surface area contributed by atoms with Crippen molar-refractivity contribution in [3.8, 4) is 0 Å². The third-order valence-corrected chi connectivity index (χ3v) is 4.31. The Morgan fingerprint density at radius 1 is 1.00 bits per heavy atom.